The van der Waals surface area contributed by atoms with E-state index in [4.69, 9.17) is 4.42 Å². The fourth-order valence-corrected chi connectivity index (χ4v) is 3.49. The molecule has 3 aromatic rings. The van der Waals surface area contributed by atoms with E-state index in [1.807, 2.05) is 31.2 Å². The third-order valence-corrected chi connectivity index (χ3v) is 4.89. The lowest BCUT2D eigenvalue weighted by molar-refractivity contribution is 0.102. The highest BCUT2D eigenvalue weighted by atomic mass is 16.3. The van der Waals surface area contributed by atoms with Crippen molar-refractivity contribution in [1.82, 2.24) is 4.90 Å². The molecule has 5 nitrogen and oxygen atoms in total. The zero-order valence-electron chi connectivity index (χ0n) is 16.9. The maximum atomic E-state index is 13.2. The molecule has 0 bridgehead atoms. The van der Waals surface area contributed by atoms with Gasteiger partial charge in [-0.2, -0.15) is 0 Å². The minimum absolute atomic E-state index is 0.126. The summed E-state index contributed by atoms with van der Waals surface area (Å²) in [7, 11) is 0. The van der Waals surface area contributed by atoms with Crippen molar-refractivity contribution in [2.45, 2.75) is 20.4 Å². The average Bonchev–Trinajstić information content (AvgIpc) is 3.02. The summed E-state index contributed by atoms with van der Waals surface area (Å²) in [5.41, 5.74) is 3.37. The van der Waals surface area contributed by atoms with Crippen molar-refractivity contribution >= 4 is 22.6 Å². The molecule has 0 fully saturated rings. The molecule has 3 rings (SSSR count). The Kier molecular flexibility index (Phi) is 6.20. The summed E-state index contributed by atoms with van der Waals surface area (Å²) in [5, 5.41) is 14.2. The molecule has 1 amide bonds. The molecule has 0 radical (unpaired) electrons. The topological polar surface area (TPSA) is 65.7 Å². The Balaban J connectivity index is 2.08. The van der Waals surface area contributed by atoms with Crippen LogP contribution in [0.1, 0.15) is 27.2 Å². The first kappa shape index (κ1) is 20.4. The molecular formula is C24H26N2O3. The number of furan rings is 1. The summed E-state index contributed by atoms with van der Waals surface area (Å²) in [6, 6.07) is 10.9. The van der Waals surface area contributed by atoms with Crippen molar-refractivity contribution in [3.63, 3.8) is 0 Å². The second-order valence-electron chi connectivity index (χ2n) is 7.01. The van der Waals surface area contributed by atoms with Crippen LogP contribution in [0.4, 0.5) is 5.69 Å². The molecule has 0 aliphatic heterocycles. The van der Waals surface area contributed by atoms with Crippen LogP contribution in [-0.2, 0) is 6.54 Å². The molecule has 0 aliphatic carbocycles. The molecule has 29 heavy (non-hydrogen) atoms. The highest BCUT2D eigenvalue weighted by Gasteiger charge is 2.24. The lowest BCUT2D eigenvalue weighted by Crippen LogP contribution is -2.23. The number of hydrogen-bond acceptors (Lipinski definition) is 4. The van der Waals surface area contributed by atoms with Crippen molar-refractivity contribution < 1.29 is 14.3 Å². The number of benzene rings is 2. The smallest absolute Gasteiger partial charge is 0.259 e. The Bertz CT molecular complexity index is 1060. The zero-order valence-corrected chi connectivity index (χ0v) is 16.9. The molecule has 2 N–H and O–H groups in total. The van der Waals surface area contributed by atoms with Gasteiger partial charge in [0.15, 0.2) is 0 Å². The van der Waals surface area contributed by atoms with E-state index in [0.717, 1.165) is 11.3 Å². The Morgan fingerprint density at radius 1 is 1.14 bits per heavy atom. The third kappa shape index (κ3) is 4.25. The first-order chi connectivity index (χ1) is 14.0. The average molecular weight is 390 g/mol. The fourth-order valence-electron chi connectivity index (χ4n) is 3.49. The summed E-state index contributed by atoms with van der Waals surface area (Å²) in [6.45, 7) is 13.0. The number of hydrogen-bond donors (Lipinski definition) is 2. The van der Waals surface area contributed by atoms with Crippen molar-refractivity contribution in [1.29, 1.82) is 0 Å². The van der Waals surface area contributed by atoms with Crippen LogP contribution in [0.3, 0.4) is 0 Å². The van der Waals surface area contributed by atoms with E-state index in [9.17, 15) is 9.90 Å². The molecule has 0 saturated heterocycles. The van der Waals surface area contributed by atoms with E-state index in [-0.39, 0.29) is 11.7 Å². The summed E-state index contributed by atoms with van der Waals surface area (Å²) in [6.07, 6.45) is 3.60. The van der Waals surface area contributed by atoms with Crippen LogP contribution in [0.5, 0.6) is 5.75 Å². The van der Waals surface area contributed by atoms with Gasteiger partial charge in [0.2, 0.25) is 0 Å². The van der Waals surface area contributed by atoms with Crippen LogP contribution in [0.2, 0.25) is 0 Å². The number of carbonyl (C=O) groups excluding carboxylic acids is 1. The first-order valence-corrected chi connectivity index (χ1v) is 9.51. The molecule has 150 valence electrons. The van der Waals surface area contributed by atoms with Gasteiger partial charge in [-0.3, -0.25) is 9.69 Å². The first-order valence-electron chi connectivity index (χ1n) is 9.51. The summed E-state index contributed by atoms with van der Waals surface area (Å²) >= 11 is 0. The molecule has 0 saturated carbocycles. The van der Waals surface area contributed by atoms with Gasteiger partial charge in [-0.05, 0) is 37.6 Å². The number of fused-ring (bicyclic) bond motifs is 1. The maximum Gasteiger partial charge on any atom is 0.259 e. The zero-order chi connectivity index (χ0) is 21.0. The Labute approximate surface area is 171 Å². The van der Waals surface area contributed by atoms with Crippen LogP contribution >= 0.6 is 0 Å². The largest absolute Gasteiger partial charge is 0.508 e. The predicted octanol–water partition coefficient (Wildman–Crippen LogP) is 5.18. The Morgan fingerprint density at radius 3 is 2.48 bits per heavy atom. The minimum atomic E-state index is -0.263. The minimum Gasteiger partial charge on any atom is -0.508 e. The van der Waals surface area contributed by atoms with Gasteiger partial charge in [0.05, 0.1) is 5.56 Å². The number of aryl methyl sites for hydroxylation is 2. The van der Waals surface area contributed by atoms with Crippen LogP contribution in [0.25, 0.3) is 11.0 Å². The highest BCUT2D eigenvalue weighted by molar-refractivity contribution is 6.14. The quantitative estimate of drug-likeness (QED) is 0.520. The van der Waals surface area contributed by atoms with Crippen LogP contribution in [-0.4, -0.2) is 29.0 Å². The van der Waals surface area contributed by atoms with Crippen molar-refractivity contribution in [2.75, 3.05) is 18.4 Å². The number of phenolic OH excluding ortho intramolecular Hbond substituents is 1. The van der Waals surface area contributed by atoms with E-state index in [1.54, 1.807) is 31.2 Å². The van der Waals surface area contributed by atoms with Crippen molar-refractivity contribution in [3.8, 4) is 5.75 Å². The normalized spacial score (nSPS) is 11.0. The van der Waals surface area contributed by atoms with Gasteiger partial charge < -0.3 is 14.8 Å². The molecule has 0 aliphatic rings. The van der Waals surface area contributed by atoms with Gasteiger partial charge in [-0.15, -0.1) is 13.2 Å². The molecule has 1 aromatic heterocycles. The number of amides is 1. The van der Waals surface area contributed by atoms with Crippen LogP contribution in [0, 0.1) is 13.8 Å². The summed E-state index contributed by atoms with van der Waals surface area (Å²) in [4.78, 5) is 15.2. The second kappa shape index (κ2) is 8.80. The number of para-hydroxylation sites is 1. The highest BCUT2D eigenvalue weighted by Crippen LogP contribution is 2.35. The molecular weight excluding hydrogens is 364 g/mol. The molecule has 0 unspecified atom stereocenters. The van der Waals surface area contributed by atoms with Gasteiger partial charge in [0, 0.05) is 36.3 Å². The van der Waals surface area contributed by atoms with Gasteiger partial charge in [0.25, 0.3) is 5.91 Å². The lowest BCUT2D eigenvalue weighted by Gasteiger charge is -2.20. The maximum absolute atomic E-state index is 13.2. The lowest BCUT2D eigenvalue weighted by atomic mass is 10.0. The van der Waals surface area contributed by atoms with Gasteiger partial charge in [0.1, 0.15) is 17.1 Å². The van der Waals surface area contributed by atoms with Gasteiger partial charge in [-0.25, -0.2) is 0 Å². The monoisotopic (exact) mass is 390 g/mol. The number of phenols is 1. The summed E-state index contributed by atoms with van der Waals surface area (Å²) in [5.74, 6) is 0.375. The van der Waals surface area contributed by atoms with E-state index in [1.165, 1.54) is 0 Å². The fraction of sp³-hybridized carbons (Fsp3) is 0.208. The third-order valence-electron chi connectivity index (χ3n) is 4.89. The molecule has 5 heteroatoms. The van der Waals surface area contributed by atoms with E-state index >= 15 is 0 Å². The van der Waals surface area contributed by atoms with Gasteiger partial charge >= 0.3 is 0 Å². The van der Waals surface area contributed by atoms with Crippen LogP contribution in [0.15, 0.2) is 66.1 Å². The SMILES string of the molecule is C=CCN(CC=C)Cc1c(O)ccc2oc(C)c(C(=O)Nc3ccccc3C)c12. The molecule has 1 heterocycles. The number of carbonyl (C=O) groups is 1. The Hall–Kier alpha value is -3.31. The Morgan fingerprint density at radius 2 is 1.83 bits per heavy atom. The number of rotatable bonds is 8. The number of aromatic hydroxyl groups is 1. The molecule has 0 atom stereocenters. The van der Waals surface area contributed by atoms with Crippen LogP contribution < -0.4 is 5.32 Å². The van der Waals surface area contributed by atoms with Crippen molar-refractivity contribution in [3.05, 3.63) is 84.2 Å². The van der Waals surface area contributed by atoms with E-state index in [2.05, 4.69) is 23.4 Å². The summed E-state index contributed by atoms with van der Waals surface area (Å²) < 4.78 is 5.85. The van der Waals surface area contributed by atoms with Gasteiger partial charge in [-0.1, -0.05) is 30.4 Å². The molecule has 2 aromatic carbocycles. The van der Waals surface area contributed by atoms with E-state index < -0.39 is 0 Å². The van der Waals surface area contributed by atoms with Crippen molar-refractivity contribution in [2.24, 2.45) is 0 Å². The standard InChI is InChI=1S/C24H26N2O3/c1-5-13-26(14-6-2)15-18-20(27)11-12-21-23(18)22(17(4)29-21)24(28)25-19-10-8-7-9-16(19)3/h5-12,27H,1-2,13-15H2,3-4H3,(H,25,28). The number of nitrogens with zero attached hydrogens (tertiary/aromatic N) is 1. The predicted molar refractivity (Wildman–Crippen MR) is 117 cm³/mol. The number of anilines is 1. The second-order valence-corrected chi connectivity index (χ2v) is 7.01. The molecule has 0 spiro atoms. The number of nitrogens with one attached hydrogen (secondary N) is 1. The van der Waals surface area contributed by atoms with E-state index in [0.29, 0.717) is 47.5 Å².